The van der Waals surface area contributed by atoms with Gasteiger partial charge in [0.1, 0.15) is 0 Å². The normalized spacial score (nSPS) is 15.3. The van der Waals surface area contributed by atoms with Crippen molar-refractivity contribution in [3.8, 4) is 6.07 Å². The van der Waals surface area contributed by atoms with E-state index in [0.29, 0.717) is 17.2 Å². The number of hydrogen-bond acceptors (Lipinski definition) is 3. The molecule has 4 heteroatoms. The molecule has 0 bridgehead atoms. The van der Waals surface area contributed by atoms with Gasteiger partial charge in [0.05, 0.1) is 17.2 Å². The maximum absolute atomic E-state index is 12.2. The van der Waals surface area contributed by atoms with Gasteiger partial charge >= 0.3 is 0 Å². The van der Waals surface area contributed by atoms with Gasteiger partial charge in [-0.15, -0.1) is 11.8 Å². The number of nitriles is 1. The molecular formula is C14H16N2OS. The molecule has 0 atom stereocenters. The summed E-state index contributed by atoms with van der Waals surface area (Å²) < 4.78 is 0. The van der Waals surface area contributed by atoms with E-state index >= 15 is 0 Å². The summed E-state index contributed by atoms with van der Waals surface area (Å²) in [6.07, 6.45) is 6.46. The smallest absolute Gasteiger partial charge is 0.252 e. The lowest BCUT2D eigenvalue weighted by Gasteiger charge is -2.13. The number of thioether (sulfide) groups is 1. The second-order valence-electron chi connectivity index (χ2n) is 4.48. The van der Waals surface area contributed by atoms with E-state index in [1.807, 2.05) is 12.3 Å². The van der Waals surface area contributed by atoms with Crippen LogP contribution in [-0.2, 0) is 0 Å². The highest BCUT2D eigenvalue weighted by Gasteiger charge is 2.19. The number of nitrogens with zero attached hydrogens (tertiary/aromatic N) is 1. The maximum atomic E-state index is 12.2. The van der Waals surface area contributed by atoms with Crippen LogP contribution in [0.3, 0.4) is 0 Å². The van der Waals surface area contributed by atoms with Gasteiger partial charge in [0, 0.05) is 10.9 Å². The van der Waals surface area contributed by atoms with Crippen LogP contribution >= 0.6 is 11.8 Å². The van der Waals surface area contributed by atoms with Crippen molar-refractivity contribution in [2.24, 2.45) is 0 Å². The van der Waals surface area contributed by atoms with Gasteiger partial charge < -0.3 is 5.32 Å². The maximum Gasteiger partial charge on any atom is 0.252 e. The Bertz CT molecular complexity index is 487. The summed E-state index contributed by atoms with van der Waals surface area (Å²) in [4.78, 5) is 13.1. The standard InChI is InChI=1S/C14H16N2OS/c1-18-13-7-6-10(9-15)8-12(13)14(17)16-11-4-2-3-5-11/h6-8,11H,2-5H2,1H3,(H,16,17). The predicted octanol–water partition coefficient (Wildman–Crippen LogP) is 2.95. The van der Waals surface area contributed by atoms with Gasteiger partial charge in [-0.3, -0.25) is 4.79 Å². The van der Waals surface area contributed by atoms with Crippen molar-refractivity contribution in [2.75, 3.05) is 6.26 Å². The summed E-state index contributed by atoms with van der Waals surface area (Å²) in [5.74, 6) is -0.0525. The Labute approximate surface area is 112 Å². The first-order valence-electron chi connectivity index (χ1n) is 6.13. The molecule has 1 saturated carbocycles. The molecule has 18 heavy (non-hydrogen) atoms. The molecule has 0 saturated heterocycles. The zero-order valence-electron chi connectivity index (χ0n) is 10.4. The molecule has 2 rings (SSSR count). The van der Waals surface area contributed by atoms with E-state index in [9.17, 15) is 4.79 Å². The molecule has 1 aromatic rings. The van der Waals surface area contributed by atoms with Crippen molar-refractivity contribution < 1.29 is 4.79 Å². The largest absolute Gasteiger partial charge is 0.349 e. The lowest BCUT2D eigenvalue weighted by Crippen LogP contribution is -2.32. The van der Waals surface area contributed by atoms with Gasteiger partial charge in [-0.25, -0.2) is 0 Å². The molecule has 0 radical (unpaired) electrons. The Morgan fingerprint density at radius 3 is 2.78 bits per heavy atom. The minimum Gasteiger partial charge on any atom is -0.349 e. The van der Waals surface area contributed by atoms with Crippen LogP contribution in [0.15, 0.2) is 23.1 Å². The lowest BCUT2D eigenvalue weighted by atomic mass is 10.1. The van der Waals surface area contributed by atoms with Crippen LogP contribution < -0.4 is 5.32 Å². The van der Waals surface area contributed by atoms with Gasteiger partial charge in [0.25, 0.3) is 5.91 Å². The Kier molecular flexibility index (Phi) is 4.27. The second-order valence-corrected chi connectivity index (χ2v) is 5.33. The molecule has 1 aliphatic carbocycles. The van der Waals surface area contributed by atoms with E-state index in [1.165, 1.54) is 24.6 Å². The van der Waals surface area contributed by atoms with Crippen molar-refractivity contribution in [1.29, 1.82) is 5.26 Å². The monoisotopic (exact) mass is 260 g/mol. The van der Waals surface area contributed by atoms with Crippen LogP contribution in [0.4, 0.5) is 0 Å². The van der Waals surface area contributed by atoms with Crippen molar-refractivity contribution in [3.05, 3.63) is 29.3 Å². The van der Waals surface area contributed by atoms with E-state index < -0.39 is 0 Å². The summed E-state index contributed by atoms with van der Waals surface area (Å²) in [5.41, 5.74) is 1.15. The fourth-order valence-electron chi connectivity index (χ4n) is 2.29. The first kappa shape index (κ1) is 13.0. The van der Waals surface area contributed by atoms with Gasteiger partial charge in [0.15, 0.2) is 0 Å². The highest BCUT2D eigenvalue weighted by molar-refractivity contribution is 7.98. The molecule has 1 amide bonds. The Morgan fingerprint density at radius 1 is 1.44 bits per heavy atom. The third kappa shape index (κ3) is 2.85. The number of hydrogen-bond donors (Lipinski definition) is 1. The molecule has 0 spiro atoms. The first-order valence-corrected chi connectivity index (χ1v) is 7.36. The number of benzene rings is 1. The average molecular weight is 260 g/mol. The van der Waals surface area contributed by atoms with Crippen LogP contribution in [-0.4, -0.2) is 18.2 Å². The molecule has 0 unspecified atom stereocenters. The van der Waals surface area contributed by atoms with E-state index in [4.69, 9.17) is 5.26 Å². The predicted molar refractivity (Wildman–Crippen MR) is 72.7 cm³/mol. The zero-order chi connectivity index (χ0) is 13.0. The number of carbonyl (C=O) groups excluding carboxylic acids is 1. The molecule has 1 aromatic carbocycles. The Morgan fingerprint density at radius 2 is 2.17 bits per heavy atom. The molecule has 1 fully saturated rings. The van der Waals surface area contributed by atoms with Crippen LogP contribution in [0.1, 0.15) is 41.6 Å². The van der Waals surface area contributed by atoms with Crippen LogP contribution in [0.2, 0.25) is 0 Å². The minimum atomic E-state index is -0.0525. The average Bonchev–Trinajstić information content (AvgIpc) is 2.90. The van der Waals surface area contributed by atoms with Crippen LogP contribution in [0.25, 0.3) is 0 Å². The van der Waals surface area contributed by atoms with Gasteiger partial charge in [-0.05, 0) is 37.3 Å². The first-order chi connectivity index (χ1) is 8.74. The highest BCUT2D eigenvalue weighted by atomic mass is 32.2. The highest BCUT2D eigenvalue weighted by Crippen LogP contribution is 2.23. The summed E-state index contributed by atoms with van der Waals surface area (Å²) in [6, 6.07) is 7.65. The van der Waals surface area contributed by atoms with Crippen LogP contribution in [0, 0.1) is 11.3 Å². The Hall–Kier alpha value is -1.47. The molecule has 3 nitrogen and oxygen atoms in total. The quantitative estimate of drug-likeness (QED) is 0.850. The summed E-state index contributed by atoms with van der Waals surface area (Å²) in [7, 11) is 0. The summed E-state index contributed by atoms with van der Waals surface area (Å²) >= 11 is 1.53. The lowest BCUT2D eigenvalue weighted by molar-refractivity contribution is 0.0935. The van der Waals surface area contributed by atoms with Crippen molar-refractivity contribution in [1.82, 2.24) is 5.32 Å². The number of carbonyl (C=O) groups is 1. The van der Waals surface area contributed by atoms with E-state index in [0.717, 1.165) is 17.7 Å². The number of nitrogens with one attached hydrogen (secondary N) is 1. The van der Waals surface area contributed by atoms with E-state index in [2.05, 4.69) is 11.4 Å². The zero-order valence-corrected chi connectivity index (χ0v) is 11.2. The second kappa shape index (κ2) is 5.92. The van der Waals surface area contributed by atoms with E-state index in [-0.39, 0.29) is 5.91 Å². The fraction of sp³-hybridized carbons (Fsp3) is 0.429. The molecular weight excluding hydrogens is 244 g/mol. The Balaban J connectivity index is 2.19. The third-order valence-corrected chi connectivity index (χ3v) is 4.06. The number of rotatable bonds is 3. The molecule has 0 aliphatic heterocycles. The summed E-state index contributed by atoms with van der Waals surface area (Å²) in [6.45, 7) is 0. The van der Waals surface area contributed by atoms with Crippen molar-refractivity contribution >= 4 is 17.7 Å². The van der Waals surface area contributed by atoms with Gasteiger partial charge in [-0.2, -0.15) is 5.26 Å². The summed E-state index contributed by atoms with van der Waals surface area (Å²) in [5, 5.41) is 12.0. The fourth-order valence-corrected chi connectivity index (χ4v) is 2.86. The van der Waals surface area contributed by atoms with Crippen molar-refractivity contribution in [3.63, 3.8) is 0 Å². The molecule has 0 heterocycles. The molecule has 1 aliphatic rings. The van der Waals surface area contributed by atoms with E-state index in [1.54, 1.807) is 12.1 Å². The number of amides is 1. The third-order valence-electron chi connectivity index (χ3n) is 3.26. The SMILES string of the molecule is CSc1ccc(C#N)cc1C(=O)NC1CCCC1. The van der Waals surface area contributed by atoms with Crippen molar-refractivity contribution in [2.45, 2.75) is 36.6 Å². The van der Waals surface area contributed by atoms with Crippen LogP contribution in [0.5, 0.6) is 0 Å². The van der Waals surface area contributed by atoms with Gasteiger partial charge in [-0.1, -0.05) is 12.8 Å². The van der Waals surface area contributed by atoms with Gasteiger partial charge in [0.2, 0.25) is 0 Å². The molecule has 0 aromatic heterocycles. The molecule has 94 valence electrons. The topological polar surface area (TPSA) is 52.9 Å². The molecule has 1 N–H and O–H groups in total. The minimum absolute atomic E-state index is 0.0525.